The summed E-state index contributed by atoms with van der Waals surface area (Å²) in [6.45, 7) is 0. The maximum absolute atomic E-state index is 10.3. The van der Waals surface area contributed by atoms with E-state index in [0.29, 0.717) is 10.7 Å². The van der Waals surface area contributed by atoms with Crippen molar-refractivity contribution in [2.45, 2.75) is 6.10 Å². The Kier molecular flexibility index (Phi) is 3.15. The molecule has 0 spiro atoms. The topological polar surface area (TPSA) is 46.0 Å². The summed E-state index contributed by atoms with van der Waals surface area (Å²) in [5, 5.41) is 11.9. The van der Waals surface area contributed by atoms with E-state index in [0.717, 1.165) is 16.5 Å². The number of aliphatic hydroxyl groups excluding tert-OH is 1. The molecule has 0 saturated heterocycles. The zero-order chi connectivity index (χ0) is 13.2. The number of rotatable bonds is 2. The second kappa shape index (κ2) is 4.96. The van der Waals surface area contributed by atoms with Gasteiger partial charge >= 0.3 is 0 Å². The second-order valence-corrected chi connectivity index (χ2v) is 4.70. The molecule has 0 amide bonds. The molecule has 3 rings (SSSR count). The highest BCUT2D eigenvalue weighted by molar-refractivity contribution is 6.30. The highest BCUT2D eigenvalue weighted by Crippen LogP contribution is 2.24. The van der Waals surface area contributed by atoms with E-state index in [-0.39, 0.29) is 0 Å². The van der Waals surface area contributed by atoms with Gasteiger partial charge in [0.1, 0.15) is 6.10 Å². The van der Waals surface area contributed by atoms with Crippen LogP contribution >= 0.6 is 11.6 Å². The third-order valence-electron chi connectivity index (χ3n) is 2.98. The lowest BCUT2D eigenvalue weighted by Gasteiger charge is -2.11. The monoisotopic (exact) mass is 270 g/mol. The molecule has 1 N–H and O–H groups in total. The van der Waals surface area contributed by atoms with Crippen molar-refractivity contribution >= 4 is 22.5 Å². The highest BCUT2D eigenvalue weighted by Gasteiger charge is 2.12. The molecule has 1 aromatic carbocycles. The molecule has 0 aliphatic heterocycles. The van der Waals surface area contributed by atoms with Gasteiger partial charge in [0, 0.05) is 17.8 Å². The molecule has 0 bridgehead atoms. The Bertz CT molecular complexity index is 713. The average Bonchev–Trinajstić information content (AvgIpc) is 2.47. The summed E-state index contributed by atoms with van der Waals surface area (Å²) in [7, 11) is 0. The summed E-state index contributed by atoms with van der Waals surface area (Å²) in [5.41, 5.74) is 2.19. The molecule has 94 valence electrons. The number of hydrogen-bond donors (Lipinski definition) is 1. The van der Waals surface area contributed by atoms with Crippen LogP contribution in [0.1, 0.15) is 17.4 Å². The van der Waals surface area contributed by atoms with Crippen LogP contribution in [-0.2, 0) is 0 Å². The molecular weight excluding hydrogens is 260 g/mol. The SMILES string of the molecule is OC(c1ccc2cccnc2c1)c1ccc(Cl)cn1. The minimum atomic E-state index is -0.774. The fourth-order valence-corrected chi connectivity index (χ4v) is 2.09. The lowest BCUT2D eigenvalue weighted by molar-refractivity contribution is 0.215. The van der Waals surface area contributed by atoms with Crippen molar-refractivity contribution in [2.24, 2.45) is 0 Å². The number of benzene rings is 1. The molecule has 0 saturated carbocycles. The fourth-order valence-electron chi connectivity index (χ4n) is 1.97. The Morgan fingerprint density at radius 3 is 2.74 bits per heavy atom. The van der Waals surface area contributed by atoms with E-state index in [2.05, 4.69) is 9.97 Å². The van der Waals surface area contributed by atoms with E-state index in [1.165, 1.54) is 6.20 Å². The van der Waals surface area contributed by atoms with Crippen molar-refractivity contribution in [3.05, 3.63) is 71.1 Å². The Labute approximate surface area is 115 Å². The Balaban J connectivity index is 2.01. The van der Waals surface area contributed by atoms with E-state index in [4.69, 9.17) is 11.6 Å². The molecule has 1 unspecified atom stereocenters. The third kappa shape index (κ3) is 2.43. The smallest absolute Gasteiger partial charge is 0.121 e. The number of nitrogens with zero attached hydrogens (tertiary/aromatic N) is 2. The molecule has 1 atom stereocenters. The molecule has 4 heteroatoms. The number of hydrogen-bond acceptors (Lipinski definition) is 3. The van der Waals surface area contributed by atoms with Gasteiger partial charge in [-0.25, -0.2) is 0 Å². The molecule has 2 heterocycles. The van der Waals surface area contributed by atoms with E-state index in [9.17, 15) is 5.11 Å². The number of pyridine rings is 2. The van der Waals surface area contributed by atoms with Crippen LogP contribution in [0.25, 0.3) is 10.9 Å². The normalized spacial score (nSPS) is 12.5. The summed E-state index contributed by atoms with van der Waals surface area (Å²) in [5.74, 6) is 0. The van der Waals surface area contributed by atoms with Gasteiger partial charge < -0.3 is 5.11 Å². The van der Waals surface area contributed by atoms with E-state index >= 15 is 0 Å². The van der Waals surface area contributed by atoms with Gasteiger partial charge in [-0.05, 0) is 29.8 Å². The Morgan fingerprint density at radius 1 is 1.05 bits per heavy atom. The second-order valence-electron chi connectivity index (χ2n) is 4.26. The third-order valence-corrected chi connectivity index (χ3v) is 3.20. The predicted molar refractivity (Wildman–Crippen MR) is 75.1 cm³/mol. The van der Waals surface area contributed by atoms with E-state index < -0.39 is 6.10 Å². The first-order chi connectivity index (χ1) is 9.24. The van der Waals surface area contributed by atoms with Gasteiger partial charge in [0.2, 0.25) is 0 Å². The Hall–Kier alpha value is -1.97. The van der Waals surface area contributed by atoms with Crippen molar-refractivity contribution in [3.63, 3.8) is 0 Å². The maximum Gasteiger partial charge on any atom is 0.121 e. The molecule has 0 aliphatic carbocycles. The minimum absolute atomic E-state index is 0.552. The van der Waals surface area contributed by atoms with Crippen molar-refractivity contribution in [3.8, 4) is 0 Å². The minimum Gasteiger partial charge on any atom is -0.382 e. The van der Waals surface area contributed by atoms with Crippen LogP contribution in [0.3, 0.4) is 0 Å². The largest absolute Gasteiger partial charge is 0.382 e. The van der Waals surface area contributed by atoms with E-state index in [1.54, 1.807) is 18.3 Å². The molecule has 2 aromatic heterocycles. The van der Waals surface area contributed by atoms with Gasteiger partial charge in [-0.3, -0.25) is 9.97 Å². The molecule has 3 nitrogen and oxygen atoms in total. The van der Waals surface area contributed by atoms with Gasteiger partial charge in [0.05, 0.1) is 16.2 Å². The number of aromatic nitrogens is 2. The molecule has 3 aromatic rings. The van der Waals surface area contributed by atoms with E-state index in [1.807, 2.05) is 30.3 Å². The van der Waals surface area contributed by atoms with Crippen LogP contribution in [0.5, 0.6) is 0 Å². The summed E-state index contributed by atoms with van der Waals surface area (Å²) in [6.07, 6.45) is 2.49. The van der Waals surface area contributed by atoms with Gasteiger partial charge in [-0.15, -0.1) is 0 Å². The lowest BCUT2D eigenvalue weighted by atomic mass is 10.0. The van der Waals surface area contributed by atoms with Gasteiger partial charge in [-0.1, -0.05) is 29.8 Å². The standard InChI is InChI=1S/C15H11ClN2O/c16-12-5-6-13(18-9-12)15(19)11-4-3-10-2-1-7-17-14(10)8-11/h1-9,15,19H. The maximum atomic E-state index is 10.3. The van der Waals surface area contributed by atoms with Crippen LogP contribution in [-0.4, -0.2) is 15.1 Å². The quantitative estimate of drug-likeness (QED) is 0.777. The molecule has 0 aliphatic rings. The average molecular weight is 271 g/mol. The van der Waals surface area contributed by atoms with Crippen LogP contribution < -0.4 is 0 Å². The van der Waals surface area contributed by atoms with Gasteiger partial charge in [-0.2, -0.15) is 0 Å². The van der Waals surface area contributed by atoms with Crippen molar-refractivity contribution in [2.75, 3.05) is 0 Å². The van der Waals surface area contributed by atoms with Gasteiger partial charge in [0.15, 0.2) is 0 Å². The van der Waals surface area contributed by atoms with Crippen LogP contribution in [0.2, 0.25) is 5.02 Å². The van der Waals surface area contributed by atoms with Gasteiger partial charge in [0.25, 0.3) is 0 Å². The molecular formula is C15H11ClN2O. The summed E-state index contributed by atoms with van der Waals surface area (Å²) in [4.78, 5) is 8.41. The van der Waals surface area contributed by atoms with Crippen LogP contribution in [0, 0.1) is 0 Å². The zero-order valence-corrected chi connectivity index (χ0v) is 10.7. The summed E-state index contributed by atoms with van der Waals surface area (Å²) in [6, 6.07) is 13.0. The Morgan fingerprint density at radius 2 is 1.95 bits per heavy atom. The lowest BCUT2D eigenvalue weighted by Crippen LogP contribution is -2.02. The predicted octanol–water partition coefficient (Wildman–Crippen LogP) is 3.36. The number of aliphatic hydroxyl groups is 1. The summed E-state index contributed by atoms with van der Waals surface area (Å²) >= 11 is 5.79. The van der Waals surface area contributed by atoms with Crippen LogP contribution in [0.4, 0.5) is 0 Å². The van der Waals surface area contributed by atoms with Crippen molar-refractivity contribution < 1.29 is 5.11 Å². The molecule has 19 heavy (non-hydrogen) atoms. The molecule has 0 fully saturated rings. The summed E-state index contributed by atoms with van der Waals surface area (Å²) < 4.78 is 0. The zero-order valence-electron chi connectivity index (χ0n) is 9.99. The number of fused-ring (bicyclic) bond motifs is 1. The van der Waals surface area contributed by atoms with Crippen molar-refractivity contribution in [1.82, 2.24) is 9.97 Å². The first-order valence-electron chi connectivity index (χ1n) is 5.88. The fraction of sp³-hybridized carbons (Fsp3) is 0.0667. The highest BCUT2D eigenvalue weighted by atomic mass is 35.5. The first-order valence-corrected chi connectivity index (χ1v) is 6.26. The van der Waals surface area contributed by atoms with Crippen LogP contribution in [0.15, 0.2) is 54.9 Å². The molecule has 0 radical (unpaired) electrons. The number of halogens is 1. The first kappa shape index (κ1) is 12.1. The van der Waals surface area contributed by atoms with Crippen molar-refractivity contribution in [1.29, 1.82) is 0 Å².